The highest BCUT2D eigenvalue weighted by atomic mass is 79.9. The number of halogens is 2. The lowest BCUT2D eigenvalue weighted by molar-refractivity contribution is 0.0277. The lowest BCUT2D eigenvalue weighted by atomic mass is 10.1. The highest BCUT2D eigenvalue weighted by molar-refractivity contribution is 9.13. The molecule has 0 spiro atoms. The molecule has 1 aromatic carbocycles. The molecular weight excluding hydrogens is 424 g/mol. The summed E-state index contributed by atoms with van der Waals surface area (Å²) >= 11 is 6.97. The summed E-state index contributed by atoms with van der Waals surface area (Å²) < 4.78 is 7.46. The van der Waals surface area contributed by atoms with Crippen LogP contribution in [0.1, 0.15) is 33.3 Å². The first-order valence-corrected chi connectivity index (χ1v) is 9.26. The molecule has 6 heteroatoms. The molecule has 0 saturated heterocycles. The highest BCUT2D eigenvalue weighted by Gasteiger charge is 2.20. The van der Waals surface area contributed by atoms with E-state index in [1.807, 2.05) is 26.8 Å². The lowest BCUT2D eigenvalue weighted by Crippen LogP contribution is -2.38. The van der Waals surface area contributed by atoms with Crippen molar-refractivity contribution in [2.24, 2.45) is 5.92 Å². The number of hydrogen-bond acceptors (Lipinski definition) is 3. The summed E-state index contributed by atoms with van der Waals surface area (Å²) in [5.41, 5.74) is 0.759. The fourth-order valence-corrected chi connectivity index (χ4v) is 2.73. The molecule has 1 atom stereocenters. The zero-order valence-corrected chi connectivity index (χ0v) is 17.6. The smallest absolute Gasteiger partial charge is 0.410 e. The molecule has 0 aliphatic heterocycles. The molecule has 1 amide bonds. The Kier molecular flexibility index (Phi) is 8.04. The van der Waals surface area contributed by atoms with Crippen molar-refractivity contribution >= 4 is 38.0 Å². The zero-order valence-electron chi connectivity index (χ0n) is 14.5. The predicted molar refractivity (Wildman–Crippen MR) is 102 cm³/mol. The van der Waals surface area contributed by atoms with Gasteiger partial charge in [-0.05, 0) is 82.8 Å². The fourth-order valence-electron chi connectivity index (χ4n) is 2.06. The van der Waals surface area contributed by atoms with Gasteiger partial charge in [0.1, 0.15) is 5.60 Å². The van der Waals surface area contributed by atoms with Crippen LogP contribution >= 0.6 is 31.9 Å². The summed E-state index contributed by atoms with van der Waals surface area (Å²) in [6, 6.07) is 6.20. The molecule has 4 nitrogen and oxygen atoms in total. The molecule has 0 aromatic heterocycles. The molecule has 1 N–H and O–H groups in total. The van der Waals surface area contributed by atoms with Gasteiger partial charge < -0.3 is 15.0 Å². The topological polar surface area (TPSA) is 41.6 Å². The Bertz CT molecular complexity index is 530. The van der Waals surface area contributed by atoms with E-state index in [1.165, 1.54) is 5.56 Å². The second-order valence-corrected chi connectivity index (χ2v) is 8.55. The Morgan fingerprint density at radius 1 is 1.30 bits per heavy atom. The largest absolute Gasteiger partial charge is 0.444 e. The maximum absolute atomic E-state index is 11.9. The molecule has 1 unspecified atom stereocenters. The minimum Gasteiger partial charge on any atom is -0.444 e. The van der Waals surface area contributed by atoms with E-state index in [-0.39, 0.29) is 6.09 Å². The third-order valence-electron chi connectivity index (χ3n) is 3.10. The average molecular weight is 450 g/mol. The fraction of sp³-hybridized carbons (Fsp3) is 0.588. The minimum absolute atomic E-state index is 0.277. The average Bonchev–Trinajstić information content (AvgIpc) is 2.40. The minimum atomic E-state index is -0.457. The van der Waals surface area contributed by atoms with Crippen LogP contribution in [0.4, 0.5) is 4.79 Å². The summed E-state index contributed by atoms with van der Waals surface area (Å²) in [7, 11) is 1.77. The van der Waals surface area contributed by atoms with Crippen molar-refractivity contribution in [1.82, 2.24) is 10.2 Å². The van der Waals surface area contributed by atoms with E-state index < -0.39 is 5.60 Å². The van der Waals surface area contributed by atoms with Gasteiger partial charge in [-0.25, -0.2) is 4.79 Å². The summed E-state index contributed by atoms with van der Waals surface area (Å²) in [5, 5.41) is 3.43. The van der Waals surface area contributed by atoms with Gasteiger partial charge in [-0.3, -0.25) is 0 Å². The van der Waals surface area contributed by atoms with Crippen LogP contribution in [-0.4, -0.2) is 36.7 Å². The van der Waals surface area contributed by atoms with Gasteiger partial charge in [-0.1, -0.05) is 13.0 Å². The Hall–Kier alpha value is -0.590. The molecule has 0 fully saturated rings. The van der Waals surface area contributed by atoms with Gasteiger partial charge >= 0.3 is 6.09 Å². The van der Waals surface area contributed by atoms with Gasteiger partial charge in [-0.2, -0.15) is 0 Å². The number of benzene rings is 1. The molecule has 0 bridgehead atoms. The van der Waals surface area contributed by atoms with Gasteiger partial charge in [0, 0.05) is 29.1 Å². The number of rotatable bonds is 6. The van der Waals surface area contributed by atoms with Crippen molar-refractivity contribution in [2.45, 2.75) is 39.8 Å². The number of ether oxygens (including phenoxy) is 1. The lowest BCUT2D eigenvalue weighted by Gasteiger charge is -2.26. The Morgan fingerprint density at radius 3 is 2.52 bits per heavy atom. The summed E-state index contributed by atoms with van der Waals surface area (Å²) in [6.07, 6.45) is -0.277. The third-order valence-corrected chi connectivity index (χ3v) is 4.98. The molecular formula is C17H26Br2N2O2. The maximum atomic E-state index is 11.9. The van der Waals surface area contributed by atoms with Crippen LogP contribution < -0.4 is 5.32 Å². The molecule has 0 aliphatic carbocycles. The summed E-state index contributed by atoms with van der Waals surface area (Å²) in [6.45, 7) is 10.0. The molecule has 0 saturated carbocycles. The van der Waals surface area contributed by atoms with Crippen LogP contribution in [0.5, 0.6) is 0 Å². The van der Waals surface area contributed by atoms with Gasteiger partial charge in [0.15, 0.2) is 0 Å². The number of nitrogens with one attached hydrogen (secondary N) is 1. The monoisotopic (exact) mass is 448 g/mol. The second kappa shape index (κ2) is 9.04. The standard InChI is InChI=1S/C17H26Br2N2O2/c1-12(11-21(5)16(22)23-17(2,3)4)9-20-10-13-6-7-14(18)15(19)8-13/h6-8,12,20H,9-11H2,1-5H3. The van der Waals surface area contributed by atoms with Gasteiger partial charge in [-0.15, -0.1) is 0 Å². The van der Waals surface area contributed by atoms with Crippen LogP contribution in [0.15, 0.2) is 27.1 Å². The van der Waals surface area contributed by atoms with Crippen molar-refractivity contribution < 1.29 is 9.53 Å². The first-order valence-electron chi connectivity index (χ1n) is 7.67. The molecule has 23 heavy (non-hydrogen) atoms. The molecule has 0 aliphatic rings. The Labute approximate surface area is 156 Å². The second-order valence-electron chi connectivity index (χ2n) is 6.85. The van der Waals surface area contributed by atoms with E-state index >= 15 is 0 Å². The van der Waals surface area contributed by atoms with E-state index in [2.05, 4.69) is 56.2 Å². The predicted octanol–water partition coefficient (Wildman–Crippen LogP) is 4.80. The maximum Gasteiger partial charge on any atom is 0.410 e. The van der Waals surface area contributed by atoms with Crippen molar-refractivity contribution in [3.63, 3.8) is 0 Å². The van der Waals surface area contributed by atoms with Crippen LogP contribution in [0.25, 0.3) is 0 Å². The third kappa shape index (κ3) is 8.18. The SMILES string of the molecule is CC(CNCc1ccc(Br)c(Br)c1)CN(C)C(=O)OC(C)(C)C. The number of carbonyl (C=O) groups excluding carboxylic acids is 1. The zero-order chi connectivity index (χ0) is 17.6. The number of amides is 1. The van der Waals surface area contributed by atoms with Crippen molar-refractivity contribution in [3.05, 3.63) is 32.7 Å². The van der Waals surface area contributed by atoms with Crippen LogP contribution in [0.3, 0.4) is 0 Å². The quantitative estimate of drug-likeness (QED) is 0.677. The number of carbonyl (C=O) groups is 1. The normalized spacial score (nSPS) is 12.8. The molecule has 0 radical (unpaired) electrons. The molecule has 1 rings (SSSR count). The van der Waals surface area contributed by atoms with Gasteiger partial charge in [0.2, 0.25) is 0 Å². The van der Waals surface area contributed by atoms with Crippen molar-refractivity contribution in [3.8, 4) is 0 Å². The van der Waals surface area contributed by atoms with Crippen LogP contribution in [0.2, 0.25) is 0 Å². The van der Waals surface area contributed by atoms with E-state index in [9.17, 15) is 4.79 Å². The first-order chi connectivity index (χ1) is 10.6. The molecule has 0 heterocycles. The van der Waals surface area contributed by atoms with Gasteiger partial charge in [0.05, 0.1) is 0 Å². The van der Waals surface area contributed by atoms with Crippen LogP contribution in [-0.2, 0) is 11.3 Å². The van der Waals surface area contributed by atoms with E-state index in [0.717, 1.165) is 22.0 Å². The van der Waals surface area contributed by atoms with E-state index in [1.54, 1.807) is 11.9 Å². The van der Waals surface area contributed by atoms with E-state index in [4.69, 9.17) is 4.74 Å². The summed E-state index contributed by atoms with van der Waals surface area (Å²) in [4.78, 5) is 13.6. The Balaban J connectivity index is 2.34. The Morgan fingerprint density at radius 2 is 1.96 bits per heavy atom. The number of hydrogen-bond donors (Lipinski definition) is 1. The molecule has 1 aromatic rings. The molecule has 130 valence electrons. The number of nitrogens with zero attached hydrogens (tertiary/aromatic N) is 1. The van der Waals surface area contributed by atoms with E-state index in [0.29, 0.717) is 12.5 Å². The van der Waals surface area contributed by atoms with Gasteiger partial charge in [0.25, 0.3) is 0 Å². The van der Waals surface area contributed by atoms with Crippen LogP contribution in [0, 0.1) is 5.92 Å². The van der Waals surface area contributed by atoms with Crippen molar-refractivity contribution in [2.75, 3.05) is 20.1 Å². The summed E-state index contributed by atoms with van der Waals surface area (Å²) in [5.74, 6) is 0.339. The highest BCUT2D eigenvalue weighted by Crippen LogP contribution is 2.23. The van der Waals surface area contributed by atoms with Crippen molar-refractivity contribution in [1.29, 1.82) is 0 Å². The first kappa shape index (κ1) is 20.5.